The number of nitrogens with one attached hydrogen (secondary N) is 1. The number of amides is 1. The molecule has 21 heavy (non-hydrogen) atoms. The third kappa shape index (κ3) is 2.76. The number of phenolic OH excluding ortho intramolecular Hbond substituents is 1. The number of fused-ring (bicyclic) bond motifs is 1. The summed E-state index contributed by atoms with van der Waals surface area (Å²) in [5.41, 5.74) is 1.87. The highest BCUT2D eigenvalue weighted by atomic mass is 16.6. The van der Waals surface area contributed by atoms with Crippen molar-refractivity contribution < 1.29 is 19.4 Å². The lowest BCUT2D eigenvalue weighted by Gasteiger charge is -2.19. The molecule has 1 amide bonds. The van der Waals surface area contributed by atoms with Crippen molar-refractivity contribution in [1.82, 2.24) is 0 Å². The van der Waals surface area contributed by atoms with Crippen LogP contribution in [0.1, 0.15) is 15.9 Å². The fraction of sp³-hybridized carbons (Fsp3) is 0.188. The molecular weight excluding hydrogens is 270 g/mol. The molecule has 0 fully saturated rings. The monoisotopic (exact) mass is 285 g/mol. The number of benzene rings is 2. The minimum absolute atomic E-state index is 0.142. The van der Waals surface area contributed by atoms with Gasteiger partial charge in [-0.3, -0.25) is 4.79 Å². The van der Waals surface area contributed by atoms with Crippen LogP contribution in [0.4, 0.5) is 5.69 Å². The Hall–Kier alpha value is -2.69. The van der Waals surface area contributed by atoms with Crippen molar-refractivity contribution in [3.8, 4) is 17.2 Å². The molecule has 0 atom stereocenters. The van der Waals surface area contributed by atoms with Crippen molar-refractivity contribution in [3.63, 3.8) is 0 Å². The number of carbonyl (C=O) groups excluding carboxylic acids is 1. The molecule has 3 rings (SSSR count). The van der Waals surface area contributed by atoms with Crippen LogP contribution in [0.2, 0.25) is 0 Å². The third-order valence-electron chi connectivity index (χ3n) is 3.25. The molecule has 0 spiro atoms. The standard InChI is InChI=1S/C16H15NO4/c1-10-8-12(18)3-4-13(10)16(19)17-11-2-5-14-15(9-11)21-7-6-20-14/h2-5,8-9,18H,6-7H2,1H3,(H,17,19). The number of phenols is 1. The van der Waals surface area contributed by atoms with Gasteiger partial charge < -0.3 is 19.9 Å². The van der Waals surface area contributed by atoms with Gasteiger partial charge in [-0.25, -0.2) is 0 Å². The molecule has 0 saturated heterocycles. The van der Waals surface area contributed by atoms with Crippen molar-refractivity contribution in [2.24, 2.45) is 0 Å². The molecule has 1 aliphatic heterocycles. The summed E-state index contributed by atoms with van der Waals surface area (Å²) < 4.78 is 10.9. The zero-order chi connectivity index (χ0) is 14.8. The summed E-state index contributed by atoms with van der Waals surface area (Å²) in [5.74, 6) is 1.22. The number of anilines is 1. The van der Waals surface area contributed by atoms with Crippen molar-refractivity contribution >= 4 is 11.6 Å². The third-order valence-corrected chi connectivity index (χ3v) is 3.25. The van der Waals surface area contributed by atoms with Gasteiger partial charge in [0.2, 0.25) is 0 Å². The van der Waals surface area contributed by atoms with Crippen molar-refractivity contribution in [2.75, 3.05) is 18.5 Å². The van der Waals surface area contributed by atoms with Gasteiger partial charge in [0.25, 0.3) is 5.91 Å². The first-order valence-corrected chi connectivity index (χ1v) is 6.64. The van der Waals surface area contributed by atoms with E-state index in [-0.39, 0.29) is 11.7 Å². The minimum atomic E-state index is -0.232. The number of hydrogen-bond donors (Lipinski definition) is 2. The summed E-state index contributed by atoms with van der Waals surface area (Å²) in [6.45, 7) is 2.81. The number of aromatic hydroxyl groups is 1. The molecule has 5 nitrogen and oxygen atoms in total. The van der Waals surface area contributed by atoms with Crippen LogP contribution in [-0.2, 0) is 0 Å². The molecular formula is C16H15NO4. The maximum atomic E-state index is 12.2. The van der Waals surface area contributed by atoms with Crippen LogP contribution in [0.15, 0.2) is 36.4 Å². The van der Waals surface area contributed by atoms with Crippen molar-refractivity contribution in [3.05, 3.63) is 47.5 Å². The van der Waals surface area contributed by atoms with Gasteiger partial charge in [0.1, 0.15) is 19.0 Å². The maximum absolute atomic E-state index is 12.2. The van der Waals surface area contributed by atoms with E-state index < -0.39 is 0 Å². The molecule has 0 radical (unpaired) electrons. The van der Waals surface area contributed by atoms with Crippen LogP contribution in [0.5, 0.6) is 17.2 Å². The summed E-state index contributed by atoms with van der Waals surface area (Å²) in [6, 6.07) is 9.92. The number of rotatable bonds is 2. The van der Waals surface area contributed by atoms with Crippen LogP contribution in [0.3, 0.4) is 0 Å². The average molecular weight is 285 g/mol. The van der Waals surface area contributed by atoms with E-state index in [1.807, 2.05) is 0 Å². The number of carbonyl (C=O) groups is 1. The molecule has 0 unspecified atom stereocenters. The van der Waals surface area contributed by atoms with E-state index in [0.717, 1.165) is 0 Å². The van der Waals surface area contributed by atoms with Gasteiger partial charge in [-0.1, -0.05) is 0 Å². The lowest BCUT2D eigenvalue weighted by atomic mass is 10.1. The fourth-order valence-corrected chi connectivity index (χ4v) is 2.22. The molecule has 0 bridgehead atoms. The molecule has 0 saturated carbocycles. The quantitative estimate of drug-likeness (QED) is 0.890. The molecule has 0 aliphatic carbocycles. The molecule has 2 N–H and O–H groups in total. The Morgan fingerprint density at radius 3 is 2.62 bits per heavy atom. The highest BCUT2D eigenvalue weighted by Crippen LogP contribution is 2.32. The predicted octanol–water partition coefficient (Wildman–Crippen LogP) is 2.72. The maximum Gasteiger partial charge on any atom is 0.255 e. The minimum Gasteiger partial charge on any atom is -0.508 e. The summed E-state index contributed by atoms with van der Waals surface area (Å²) in [6.07, 6.45) is 0. The van der Waals surface area contributed by atoms with Crippen LogP contribution in [0.25, 0.3) is 0 Å². The predicted molar refractivity (Wildman–Crippen MR) is 78.2 cm³/mol. The summed E-state index contributed by atoms with van der Waals surface area (Å²) in [5, 5.41) is 12.2. The lowest BCUT2D eigenvalue weighted by Crippen LogP contribution is -2.16. The Morgan fingerprint density at radius 1 is 1.10 bits per heavy atom. The van der Waals surface area contributed by atoms with E-state index in [4.69, 9.17) is 9.47 Å². The van der Waals surface area contributed by atoms with E-state index in [9.17, 15) is 9.90 Å². The van der Waals surface area contributed by atoms with Gasteiger partial charge in [0.05, 0.1) is 0 Å². The number of hydrogen-bond acceptors (Lipinski definition) is 4. The fourth-order valence-electron chi connectivity index (χ4n) is 2.22. The normalized spacial score (nSPS) is 12.8. The number of ether oxygens (including phenoxy) is 2. The van der Waals surface area contributed by atoms with Gasteiger partial charge in [0.15, 0.2) is 11.5 Å². The van der Waals surface area contributed by atoms with Gasteiger partial charge in [-0.2, -0.15) is 0 Å². The molecule has 1 heterocycles. The van der Waals surface area contributed by atoms with Gasteiger partial charge in [-0.05, 0) is 42.8 Å². The first kappa shape index (κ1) is 13.3. The van der Waals surface area contributed by atoms with Crippen LogP contribution >= 0.6 is 0 Å². The smallest absolute Gasteiger partial charge is 0.255 e. The Balaban J connectivity index is 1.81. The van der Waals surface area contributed by atoms with Gasteiger partial charge in [-0.15, -0.1) is 0 Å². The summed E-state index contributed by atoms with van der Waals surface area (Å²) in [4.78, 5) is 12.2. The first-order valence-electron chi connectivity index (χ1n) is 6.64. The van der Waals surface area contributed by atoms with Gasteiger partial charge >= 0.3 is 0 Å². The Morgan fingerprint density at radius 2 is 1.86 bits per heavy atom. The van der Waals surface area contributed by atoms with Crippen LogP contribution in [0, 0.1) is 6.92 Å². The second-order valence-electron chi connectivity index (χ2n) is 4.81. The Labute approximate surface area is 122 Å². The highest BCUT2D eigenvalue weighted by Gasteiger charge is 2.14. The SMILES string of the molecule is Cc1cc(O)ccc1C(=O)Nc1ccc2c(c1)OCCO2. The summed E-state index contributed by atoms with van der Waals surface area (Å²) in [7, 11) is 0. The highest BCUT2D eigenvalue weighted by molar-refractivity contribution is 6.05. The van der Waals surface area contributed by atoms with E-state index in [2.05, 4.69) is 5.32 Å². The molecule has 108 valence electrons. The van der Waals surface area contributed by atoms with Gasteiger partial charge in [0, 0.05) is 17.3 Å². The lowest BCUT2D eigenvalue weighted by molar-refractivity contribution is 0.102. The van der Waals surface area contributed by atoms with E-state index >= 15 is 0 Å². The van der Waals surface area contributed by atoms with Crippen LogP contribution < -0.4 is 14.8 Å². The Bertz CT molecular complexity index is 697. The zero-order valence-corrected chi connectivity index (χ0v) is 11.6. The zero-order valence-electron chi connectivity index (χ0n) is 11.6. The topological polar surface area (TPSA) is 67.8 Å². The van der Waals surface area contributed by atoms with Crippen molar-refractivity contribution in [2.45, 2.75) is 6.92 Å². The van der Waals surface area contributed by atoms with Crippen molar-refractivity contribution in [1.29, 1.82) is 0 Å². The first-order chi connectivity index (χ1) is 10.1. The van der Waals surface area contributed by atoms with E-state index in [0.29, 0.717) is 41.5 Å². The van der Waals surface area contributed by atoms with E-state index in [1.165, 1.54) is 6.07 Å². The van der Waals surface area contributed by atoms with Crippen LogP contribution in [-0.4, -0.2) is 24.2 Å². The molecule has 1 aliphatic rings. The second-order valence-corrected chi connectivity index (χ2v) is 4.81. The largest absolute Gasteiger partial charge is 0.508 e. The molecule has 2 aromatic rings. The molecule has 2 aromatic carbocycles. The molecule has 5 heteroatoms. The average Bonchev–Trinajstić information content (AvgIpc) is 2.47. The van der Waals surface area contributed by atoms with E-state index in [1.54, 1.807) is 37.3 Å². The second kappa shape index (κ2) is 5.36. The molecule has 0 aromatic heterocycles. The Kier molecular flexibility index (Phi) is 3.39. The summed E-state index contributed by atoms with van der Waals surface area (Å²) >= 11 is 0. The number of aryl methyl sites for hydroxylation is 1.